The van der Waals surface area contributed by atoms with E-state index in [1.165, 1.54) is 64.5 Å². The SMILES string of the molecule is Cc1cn(COC(=O)c2ccc(C(C)O[N+](=O)[O-])cc2)c(=O)c2cccc(S(=O)(=O)N3CC[C@H](N)C3)c12.Cl. The number of nitrogens with zero attached hydrogens (tertiary/aromatic N) is 3. The minimum Gasteiger partial charge on any atom is -0.440 e. The van der Waals surface area contributed by atoms with Crippen LogP contribution in [0.3, 0.4) is 0 Å². The zero-order valence-corrected chi connectivity index (χ0v) is 22.2. The molecule has 0 aliphatic carbocycles. The van der Waals surface area contributed by atoms with Gasteiger partial charge >= 0.3 is 5.97 Å². The number of ether oxygens (including phenoxy) is 1. The molecule has 2 N–H and O–H groups in total. The first-order valence-corrected chi connectivity index (χ1v) is 12.9. The molecule has 1 unspecified atom stereocenters. The van der Waals surface area contributed by atoms with E-state index in [4.69, 9.17) is 10.5 Å². The van der Waals surface area contributed by atoms with E-state index in [-0.39, 0.29) is 40.8 Å². The average molecular weight is 567 g/mol. The molecule has 1 aliphatic rings. The first-order chi connectivity index (χ1) is 17.5. The number of nitrogens with two attached hydrogens (primary N) is 1. The second-order valence-corrected chi connectivity index (χ2v) is 10.7. The summed E-state index contributed by atoms with van der Waals surface area (Å²) in [6.45, 7) is 3.32. The number of sulfonamides is 1. The molecule has 0 saturated carbocycles. The lowest BCUT2D eigenvalue weighted by Crippen LogP contribution is -2.32. The van der Waals surface area contributed by atoms with Gasteiger partial charge in [0.05, 0.1) is 10.5 Å². The van der Waals surface area contributed by atoms with E-state index in [2.05, 4.69) is 4.84 Å². The van der Waals surface area contributed by atoms with Gasteiger partial charge in [0.25, 0.3) is 10.6 Å². The quantitative estimate of drug-likeness (QED) is 0.245. The number of aromatic nitrogens is 1. The van der Waals surface area contributed by atoms with Crippen molar-refractivity contribution >= 4 is 39.2 Å². The molecule has 0 bridgehead atoms. The summed E-state index contributed by atoms with van der Waals surface area (Å²) in [5, 5.41) is 10.1. The summed E-state index contributed by atoms with van der Waals surface area (Å²) in [4.78, 5) is 40.7. The molecular weight excluding hydrogens is 540 g/mol. The topological polar surface area (TPSA) is 164 Å². The van der Waals surface area contributed by atoms with Gasteiger partial charge in [-0.1, -0.05) is 18.2 Å². The Kier molecular flexibility index (Phi) is 8.77. The molecule has 1 fully saturated rings. The second kappa shape index (κ2) is 11.5. The maximum Gasteiger partial charge on any atom is 0.339 e. The van der Waals surface area contributed by atoms with E-state index in [1.807, 2.05) is 0 Å². The highest BCUT2D eigenvalue weighted by Crippen LogP contribution is 2.28. The minimum atomic E-state index is -3.86. The second-order valence-electron chi connectivity index (χ2n) is 8.83. The standard InChI is InChI=1S/C24H26N4O8S.ClH/c1-15-12-26(14-35-24(30)18-8-6-17(7-9-18)16(2)36-28(31)32)23(29)20-4-3-5-21(22(15)20)37(33,34)27-11-10-19(25)13-27;/h3-9,12,16,19H,10-11,13-14,25H2,1-2H3;1H/t16?,19-;/m0./s1. The number of pyridine rings is 1. The largest absolute Gasteiger partial charge is 0.440 e. The summed E-state index contributed by atoms with van der Waals surface area (Å²) >= 11 is 0. The third-order valence-corrected chi connectivity index (χ3v) is 8.17. The predicted molar refractivity (Wildman–Crippen MR) is 140 cm³/mol. The first kappa shape index (κ1) is 29.0. The van der Waals surface area contributed by atoms with Crippen molar-refractivity contribution in [1.82, 2.24) is 8.87 Å². The highest BCUT2D eigenvalue weighted by molar-refractivity contribution is 7.89. The van der Waals surface area contributed by atoms with Crippen molar-refractivity contribution in [3.63, 3.8) is 0 Å². The summed E-state index contributed by atoms with van der Waals surface area (Å²) < 4.78 is 34.4. The van der Waals surface area contributed by atoms with Crippen molar-refractivity contribution in [3.8, 4) is 0 Å². The van der Waals surface area contributed by atoms with E-state index in [0.29, 0.717) is 29.5 Å². The molecule has 12 nitrogen and oxygen atoms in total. The predicted octanol–water partition coefficient (Wildman–Crippen LogP) is 2.54. The number of esters is 1. The number of fused-ring (bicyclic) bond motifs is 1. The van der Waals surface area contributed by atoms with E-state index >= 15 is 0 Å². The van der Waals surface area contributed by atoms with Crippen LogP contribution >= 0.6 is 12.4 Å². The third kappa shape index (κ3) is 5.80. The lowest BCUT2D eigenvalue weighted by molar-refractivity contribution is -0.770. The number of hydrogen-bond acceptors (Lipinski definition) is 9. The van der Waals surface area contributed by atoms with Gasteiger partial charge < -0.3 is 15.3 Å². The van der Waals surface area contributed by atoms with Crippen LogP contribution in [0.15, 0.2) is 58.4 Å². The van der Waals surface area contributed by atoms with Crippen molar-refractivity contribution in [2.24, 2.45) is 5.73 Å². The van der Waals surface area contributed by atoms with Crippen LogP contribution in [0.1, 0.15) is 40.9 Å². The molecule has 0 amide bonds. The fraction of sp³-hybridized carbons (Fsp3) is 0.333. The van der Waals surface area contributed by atoms with Gasteiger partial charge in [0.2, 0.25) is 10.0 Å². The van der Waals surface area contributed by atoms with Crippen molar-refractivity contribution in [2.75, 3.05) is 13.1 Å². The van der Waals surface area contributed by atoms with Crippen LogP contribution in [0.5, 0.6) is 0 Å². The van der Waals surface area contributed by atoms with Gasteiger partial charge in [-0.25, -0.2) is 13.2 Å². The molecular formula is C24H27ClN4O8S. The Morgan fingerprint density at radius 2 is 1.92 bits per heavy atom. The highest BCUT2D eigenvalue weighted by Gasteiger charge is 2.32. The van der Waals surface area contributed by atoms with Crippen molar-refractivity contribution < 1.29 is 27.9 Å². The maximum absolute atomic E-state index is 13.3. The summed E-state index contributed by atoms with van der Waals surface area (Å²) in [7, 11) is -3.86. The Morgan fingerprint density at radius 1 is 1.24 bits per heavy atom. The molecule has 1 saturated heterocycles. The lowest BCUT2D eigenvalue weighted by atomic mass is 10.1. The van der Waals surface area contributed by atoms with Crippen LogP contribution in [-0.4, -0.2) is 47.5 Å². The van der Waals surface area contributed by atoms with Crippen LogP contribution in [0.25, 0.3) is 10.8 Å². The molecule has 4 rings (SSSR count). The number of halogens is 1. The number of benzene rings is 2. The molecule has 38 heavy (non-hydrogen) atoms. The summed E-state index contributed by atoms with van der Waals surface area (Å²) in [5.74, 6) is -0.708. The van der Waals surface area contributed by atoms with Gasteiger partial charge in [-0.2, -0.15) is 4.31 Å². The Bertz CT molecular complexity index is 1520. The van der Waals surface area contributed by atoms with Gasteiger partial charge in [0.1, 0.15) is 6.10 Å². The molecule has 0 spiro atoms. The highest BCUT2D eigenvalue weighted by atomic mass is 35.5. The van der Waals surface area contributed by atoms with E-state index in [0.717, 1.165) is 0 Å². The fourth-order valence-corrected chi connectivity index (χ4v) is 6.13. The number of aryl methyl sites for hydroxylation is 1. The average Bonchev–Trinajstić information content (AvgIpc) is 3.31. The van der Waals surface area contributed by atoms with Crippen molar-refractivity contribution in [2.45, 2.75) is 44.0 Å². The van der Waals surface area contributed by atoms with Gasteiger partial charge in [-0.15, -0.1) is 22.5 Å². The molecule has 1 aliphatic heterocycles. The van der Waals surface area contributed by atoms with E-state index in [1.54, 1.807) is 6.92 Å². The van der Waals surface area contributed by atoms with Crippen LogP contribution in [-0.2, 0) is 26.3 Å². The molecule has 204 valence electrons. The lowest BCUT2D eigenvalue weighted by Gasteiger charge is -2.19. The summed E-state index contributed by atoms with van der Waals surface area (Å²) in [6, 6.07) is 10.2. The monoisotopic (exact) mass is 566 g/mol. The number of hydrogen-bond donors (Lipinski definition) is 1. The number of rotatable bonds is 8. The zero-order chi connectivity index (χ0) is 26.9. The molecule has 0 radical (unpaired) electrons. The van der Waals surface area contributed by atoms with Crippen LogP contribution in [0.4, 0.5) is 0 Å². The first-order valence-electron chi connectivity index (χ1n) is 11.5. The van der Waals surface area contributed by atoms with Gasteiger partial charge in [0.15, 0.2) is 6.73 Å². The Morgan fingerprint density at radius 3 is 2.53 bits per heavy atom. The summed E-state index contributed by atoms with van der Waals surface area (Å²) in [5.41, 5.74) is 6.59. The Hall–Kier alpha value is -3.52. The Labute approximate surface area is 224 Å². The molecule has 1 aromatic heterocycles. The van der Waals surface area contributed by atoms with E-state index < -0.39 is 39.5 Å². The molecule has 3 aromatic rings. The fourth-order valence-electron chi connectivity index (χ4n) is 4.34. The van der Waals surface area contributed by atoms with Crippen LogP contribution in [0, 0.1) is 17.0 Å². The smallest absolute Gasteiger partial charge is 0.339 e. The van der Waals surface area contributed by atoms with Crippen LogP contribution in [0.2, 0.25) is 0 Å². The number of carbonyl (C=O) groups excluding carboxylic acids is 1. The molecule has 2 aromatic carbocycles. The molecule has 2 heterocycles. The van der Waals surface area contributed by atoms with Crippen molar-refractivity contribution in [1.29, 1.82) is 0 Å². The maximum atomic E-state index is 13.3. The van der Waals surface area contributed by atoms with Crippen molar-refractivity contribution in [3.05, 3.63) is 85.8 Å². The molecule has 14 heteroatoms. The van der Waals surface area contributed by atoms with Crippen LogP contribution < -0.4 is 11.3 Å². The number of carbonyl (C=O) groups is 1. The third-order valence-electron chi connectivity index (χ3n) is 6.26. The van der Waals surface area contributed by atoms with E-state index in [9.17, 15) is 28.1 Å². The summed E-state index contributed by atoms with van der Waals surface area (Å²) in [6.07, 6.45) is 1.21. The van der Waals surface area contributed by atoms with Gasteiger partial charge in [-0.05, 0) is 55.7 Å². The Balaban J connectivity index is 0.00000400. The molecule has 2 atom stereocenters. The van der Waals surface area contributed by atoms with Gasteiger partial charge in [-0.3, -0.25) is 9.36 Å². The zero-order valence-electron chi connectivity index (χ0n) is 20.6. The van der Waals surface area contributed by atoms with Gasteiger partial charge in [0, 0.05) is 36.1 Å². The normalized spacial score (nSPS) is 16.6. The minimum absolute atomic E-state index is 0.